The number of carbonyl (C=O) groups excluding carboxylic acids is 3. The standard InChI is InChI=1S/C29H37ClN2O4.C15H30N2O4/c1-5-6-13-31-28(34)19(4)15-25(33)24(14-18(2)3)32-29(35)23-16-20-9-7-8-10-26(20)36-27-17-21(30)11-12-22(23)27;1-5-6-7-16-14(19)11(4)9-13(18)12(8-10(2)3)17-15(20)21/h7-12,16-19,24-25,33H,5-6,13-15H2,1-4H3,(H,31,34)(H,32,35);10-13,17-18H,5-9H2,1-4H3,(H,16,19)(H,20,21)/t19-,24+,25+;11-,12+,13+/m11/s1. The van der Waals surface area contributed by atoms with Gasteiger partial charge in [-0.3, -0.25) is 14.4 Å². The molecule has 0 spiro atoms. The summed E-state index contributed by atoms with van der Waals surface area (Å²) in [7, 11) is 0. The molecule has 318 valence electrons. The largest absolute Gasteiger partial charge is 0.465 e. The molecule has 2 aromatic carbocycles. The number of para-hydroxylation sites is 1. The van der Waals surface area contributed by atoms with E-state index in [1.54, 1.807) is 38.1 Å². The van der Waals surface area contributed by atoms with Crippen molar-refractivity contribution in [2.45, 2.75) is 131 Å². The summed E-state index contributed by atoms with van der Waals surface area (Å²) in [6.07, 6.45) is 4.38. The Morgan fingerprint density at radius 2 is 1.21 bits per heavy atom. The van der Waals surface area contributed by atoms with Gasteiger partial charge in [-0.15, -0.1) is 0 Å². The van der Waals surface area contributed by atoms with Gasteiger partial charge in [-0.2, -0.15) is 0 Å². The second kappa shape index (κ2) is 25.3. The molecule has 6 atom stereocenters. The van der Waals surface area contributed by atoms with Crippen molar-refractivity contribution in [1.82, 2.24) is 21.3 Å². The molecule has 7 N–H and O–H groups in total. The summed E-state index contributed by atoms with van der Waals surface area (Å²) in [6, 6.07) is 11.6. The highest BCUT2D eigenvalue weighted by molar-refractivity contribution is 6.31. The lowest BCUT2D eigenvalue weighted by Gasteiger charge is -2.28. The van der Waals surface area contributed by atoms with Crippen LogP contribution in [0.3, 0.4) is 0 Å². The molecule has 0 saturated heterocycles. The van der Waals surface area contributed by atoms with E-state index in [9.17, 15) is 29.4 Å². The number of carbonyl (C=O) groups is 4. The number of ether oxygens (including phenoxy) is 1. The van der Waals surface area contributed by atoms with E-state index in [0.717, 1.165) is 31.2 Å². The summed E-state index contributed by atoms with van der Waals surface area (Å²) >= 11 is 6.22. The molecule has 0 fully saturated rings. The van der Waals surface area contributed by atoms with Crippen LogP contribution < -0.4 is 26.0 Å². The lowest BCUT2D eigenvalue weighted by atomic mass is 9.91. The predicted octanol–water partition coefficient (Wildman–Crippen LogP) is 7.79. The van der Waals surface area contributed by atoms with Crippen LogP contribution in [-0.4, -0.2) is 76.5 Å². The van der Waals surface area contributed by atoms with Crippen molar-refractivity contribution in [2.24, 2.45) is 23.7 Å². The van der Waals surface area contributed by atoms with Gasteiger partial charge >= 0.3 is 6.09 Å². The minimum atomic E-state index is -1.15. The van der Waals surface area contributed by atoms with Gasteiger partial charge in [0.15, 0.2) is 0 Å². The van der Waals surface area contributed by atoms with Gasteiger partial charge in [0.25, 0.3) is 5.91 Å². The molecule has 57 heavy (non-hydrogen) atoms. The lowest BCUT2D eigenvalue weighted by molar-refractivity contribution is -0.126. The van der Waals surface area contributed by atoms with Gasteiger partial charge in [0.1, 0.15) is 11.5 Å². The maximum absolute atomic E-state index is 13.6. The average molecular weight is 815 g/mol. The summed E-state index contributed by atoms with van der Waals surface area (Å²) in [5, 5.41) is 41.8. The molecular weight excluding hydrogens is 748 g/mol. The summed E-state index contributed by atoms with van der Waals surface area (Å²) < 4.78 is 6.09. The van der Waals surface area contributed by atoms with Crippen LogP contribution in [0.1, 0.15) is 118 Å². The number of benzene rings is 2. The van der Waals surface area contributed by atoms with E-state index in [1.807, 2.05) is 58.9 Å². The van der Waals surface area contributed by atoms with Crippen LogP contribution >= 0.6 is 11.6 Å². The van der Waals surface area contributed by atoms with Crippen LogP contribution in [0.25, 0.3) is 11.6 Å². The van der Waals surface area contributed by atoms with E-state index in [0.29, 0.717) is 53.6 Å². The smallest absolute Gasteiger partial charge is 0.404 e. The molecule has 2 aromatic rings. The van der Waals surface area contributed by atoms with Crippen molar-refractivity contribution in [3.63, 3.8) is 0 Å². The predicted molar refractivity (Wildman–Crippen MR) is 227 cm³/mol. The van der Waals surface area contributed by atoms with Crippen LogP contribution in [0.2, 0.25) is 5.02 Å². The number of aliphatic hydroxyl groups excluding tert-OH is 2. The third kappa shape index (κ3) is 17.5. The quantitative estimate of drug-likeness (QED) is 0.0623. The zero-order valence-corrected chi connectivity index (χ0v) is 35.8. The topological polar surface area (TPSA) is 186 Å². The molecule has 13 heteroatoms. The summed E-state index contributed by atoms with van der Waals surface area (Å²) in [6.45, 7) is 16.9. The highest BCUT2D eigenvalue weighted by Crippen LogP contribution is 2.39. The first-order valence-corrected chi connectivity index (χ1v) is 20.8. The normalized spacial score (nSPS) is 15.1. The summed E-state index contributed by atoms with van der Waals surface area (Å²) in [4.78, 5) is 48.7. The van der Waals surface area contributed by atoms with Gasteiger partial charge in [0.2, 0.25) is 11.8 Å². The summed E-state index contributed by atoms with van der Waals surface area (Å²) in [5.74, 6) is 0.401. The maximum atomic E-state index is 13.6. The molecule has 3 rings (SSSR count). The fourth-order valence-corrected chi connectivity index (χ4v) is 6.63. The molecule has 4 amide bonds. The molecule has 0 radical (unpaired) electrons. The number of carboxylic acid groups (broad SMARTS) is 1. The molecule has 0 aromatic heterocycles. The highest BCUT2D eigenvalue weighted by Gasteiger charge is 2.30. The van der Waals surface area contributed by atoms with E-state index >= 15 is 0 Å². The van der Waals surface area contributed by atoms with Crippen molar-refractivity contribution in [3.8, 4) is 11.5 Å². The first-order valence-electron chi connectivity index (χ1n) is 20.5. The fraction of sp³-hybridized carbons (Fsp3) is 0.591. The van der Waals surface area contributed by atoms with Crippen LogP contribution in [0, 0.1) is 23.7 Å². The van der Waals surface area contributed by atoms with Gasteiger partial charge in [-0.05, 0) is 74.6 Å². The minimum Gasteiger partial charge on any atom is -0.465 e. The number of hydrogen-bond acceptors (Lipinski definition) is 7. The number of rotatable bonds is 21. The van der Waals surface area contributed by atoms with Gasteiger partial charge in [-0.25, -0.2) is 4.79 Å². The molecule has 0 bridgehead atoms. The average Bonchev–Trinajstić information content (AvgIpc) is 3.30. The Morgan fingerprint density at radius 1 is 0.702 bits per heavy atom. The molecule has 0 aliphatic carbocycles. The molecule has 12 nitrogen and oxygen atoms in total. The van der Waals surface area contributed by atoms with Gasteiger partial charge in [0, 0.05) is 47.1 Å². The van der Waals surface area contributed by atoms with Crippen LogP contribution in [0.4, 0.5) is 4.79 Å². The number of amides is 4. The number of hydrogen-bond donors (Lipinski definition) is 7. The Kier molecular flexibility index (Phi) is 21.7. The van der Waals surface area contributed by atoms with Gasteiger partial charge < -0.3 is 41.3 Å². The third-order valence-corrected chi connectivity index (χ3v) is 9.90. The Balaban J connectivity index is 0.000000457. The van der Waals surface area contributed by atoms with Crippen molar-refractivity contribution < 1.29 is 39.2 Å². The first kappa shape index (κ1) is 49.0. The molecule has 0 saturated carbocycles. The number of fused-ring (bicyclic) bond motifs is 2. The minimum absolute atomic E-state index is 0.0804. The number of aliphatic hydroxyl groups is 2. The van der Waals surface area contributed by atoms with E-state index in [4.69, 9.17) is 21.4 Å². The molecule has 1 aliphatic heterocycles. The molecule has 1 heterocycles. The number of unbranched alkanes of at least 4 members (excludes halogenated alkanes) is 2. The zero-order valence-electron chi connectivity index (χ0n) is 35.1. The van der Waals surface area contributed by atoms with Crippen molar-refractivity contribution in [3.05, 3.63) is 58.6 Å². The number of halogens is 1. The molecule has 0 unspecified atom stereocenters. The third-order valence-electron chi connectivity index (χ3n) is 9.67. The Labute approximate surface area is 344 Å². The van der Waals surface area contributed by atoms with Gasteiger partial charge in [0.05, 0.1) is 29.9 Å². The van der Waals surface area contributed by atoms with E-state index in [-0.39, 0.29) is 54.2 Å². The van der Waals surface area contributed by atoms with Gasteiger partial charge in [-0.1, -0.05) is 98.0 Å². The molecule has 1 aliphatic rings. The van der Waals surface area contributed by atoms with E-state index in [2.05, 4.69) is 28.2 Å². The highest BCUT2D eigenvalue weighted by atomic mass is 35.5. The Hall–Kier alpha value is -4.13. The van der Waals surface area contributed by atoms with E-state index in [1.165, 1.54) is 0 Å². The second-order valence-electron chi connectivity index (χ2n) is 15.9. The summed E-state index contributed by atoms with van der Waals surface area (Å²) in [5.41, 5.74) is 1.82. The second-order valence-corrected chi connectivity index (χ2v) is 16.4. The van der Waals surface area contributed by atoms with Crippen molar-refractivity contribution in [1.29, 1.82) is 0 Å². The van der Waals surface area contributed by atoms with Crippen LogP contribution in [0.15, 0.2) is 42.5 Å². The fourth-order valence-electron chi connectivity index (χ4n) is 6.47. The Bertz CT molecular complexity index is 1620. The monoisotopic (exact) mass is 814 g/mol. The van der Waals surface area contributed by atoms with Crippen molar-refractivity contribution in [2.75, 3.05) is 13.1 Å². The maximum Gasteiger partial charge on any atom is 0.404 e. The molecular formula is C44H67ClN4O8. The van der Waals surface area contributed by atoms with Crippen LogP contribution in [0.5, 0.6) is 11.5 Å². The number of nitrogens with one attached hydrogen (secondary N) is 4. The SMILES string of the molecule is CCCCNC(=O)[C@H](C)C[C@H](O)[C@H](CC(C)C)NC(=O)C1=Cc2ccccc2Oc2cc(Cl)ccc21.CCCCNC(=O)[C@H](C)C[C@H](O)[C@H](CC(C)C)NC(=O)O. The van der Waals surface area contributed by atoms with Crippen molar-refractivity contribution >= 4 is 47.1 Å². The zero-order chi connectivity index (χ0) is 42.7. The lowest BCUT2D eigenvalue weighted by Crippen LogP contribution is -2.46. The van der Waals surface area contributed by atoms with E-state index < -0.39 is 30.4 Å². The Morgan fingerprint density at radius 3 is 1.70 bits per heavy atom. The van der Waals surface area contributed by atoms with Crippen LogP contribution in [-0.2, 0) is 14.4 Å². The first-order chi connectivity index (χ1) is 27.0.